The number of nitrogens with zero attached hydrogens (tertiary/aromatic N) is 3. The second-order valence-electron chi connectivity index (χ2n) is 9.49. The van der Waals surface area contributed by atoms with Gasteiger partial charge in [-0.15, -0.1) is 0 Å². The second kappa shape index (κ2) is 9.60. The summed E-state index contributed by atoms with van der Waals surface area (Å²) in [6.07, 6.45) is 2.92. The maximum absolute atomic E-state index is 13.1. The minimum Gasteiger partial charge on any atom is -0.465 e. The van der Waals surface area contributed by atoms with Crippen molar-refractivity contribution in [2.75, 3.05) is 39.3 Å². The predicted octanol–water partition coefficient (Wildman–Crippen LogP) is 2.87. The van der Waals surface area contributed by atoms with Gasteiger partial charge in [-0.2, -0.15) is 0 Å². The second-order valence-corrected chi connectivity index (χ2v) is 9.49. The van der Waals surface area contributed by atoms with Gasteiger partial charge in [0.1, 0.15) is 0 Å². The molecule has 0 fully saturated rings. The molecule has 3 heterocycles. The molecule has 0 bridgehead atoms. The van der Waals surface area contributed by atoms with E-state index in [0.29, 0.717) is 44.7 Å². The third kappa shape index (κ3) is 4.72. The molecule has 0 saturated heterocycles. The number of rotatable bonds is 5. The molecule has 0 unspecified atom stereocenters. The fraction of sp³-hybridized carbons (Fsp3) is 0.407. The number of aliphatic hydroxyl groups is 1. The number of hydrogen-bond donors (Lipinski definition) is 2. The summed E-state index contributed by atoms with van der Waals surface area (Å²) in [6.45, 7) is 4.15. The summed E-state index contributed by atoms with van der Waals surface area (Å²) < 4.78 is 0. The number of amides is 2. The van der Waals surface area contributed by atoms with Crippen LogP contribution in [0.2, 0.25) is 0 Å². The van der Waals surface area contributed by atoms with Gasteiger partial charge in [-0.25, -0.2) is 4.79 Å². The first-order chi connectivity index (χ1) is 16.5. The zero-order valence-corrected chi connectivity index (χ0v) is 19.3. The van der Waals surface area contributed by atoms with E-state index in [1.165, 1.54) is 16.0 Å². The third-order valence-corrected chi connectivity index (χ3v) is 7.23. The van der Waals surface area contributed by atoms with Gasteiger partial charge >= 0.3 is 6.09 Å². The van der Waals surface area contributed by atoms with Crippen molar-refractivity contribution in [1.82, 2.24) is 14.7 Å². The zero-order valence-electron chi connectivity index (χ0n) is 19.3. The predicted molar refractivity (Wildman–Crippen MR) is 130 cm³/mol. The van der Waals surface area contributed by atoms with Crippen LogP contribution >= 0.6 is 0 Å². The van der Waals surface area contributed by atoms with E-state index in [0.717, 1.165) is 42.6 Å². The number of aliphatic hydroxyl groups excluding tert-OH is 1. The van der Waals surface area contributed by atoms with Crippen LogP contribution in [0.5, 0.6) is 0 Å². The molecule has 2 aromatic carbocycles. The Morgan fingerprint density at radius 1 is 0.941 bits per heavy atom. The average molecular weight is 462 g/mol. The molecule has 0 aliphatic carbocycles. The summed E-state index contributed by atoms with van der Waals surface area (Å²) in [5, 5.41) is 19.9. The first-order valence-electron chi connectivity index (χ1n) is 12.0. The monoisotopic (exact) mass is 461 g/mol. The minimum absolute atomic E-state index is 0.0227. The lowest BCUT2D eigenvalue weighted by atomic mass is 9.92. The van der Waals surface area contributed by atoms with Gasteiger partial charge in [0.05, 0.1) is 6.10 Å². The summed E-state index contributed by atoms with van der Waals surface area (Å²) in [5.41, 5.74) is 6.64. The molecular formula is C27H31N3O4. The Morgan fingerprint density at radius 3 is 2.50 bits per heavy atom. The summed E-state index contributed by atoms with van der Waals surface area (Å²) in [7, 11) is 0. The lowest BCUT2D eigenvalue weighted by Crippen LogP contribution is -2.46. The minimum atomic E-state index is -0.890. The normalized spacial score (nSPS) is 19.3. The molecule has 5 rings (SSSR count). The van der Waals surface area contributed by atoms with Crippen LogP contribution in [0.15, 0.2) is 48.5 Å². The molecule has 1 atom stereocenters. The van der Waals surface area contributed by atoms with Gasteiger partial charge in [0, 0.05) is 51.4 Å². The van der Waals surface area contributed by atoms with E-state index in [-0.39, 0.29) is 5.91 Å². The Labute approximate surface area is 199 Å². The van der Waals surface area contributed by atoms with Crippen LogP contribution in [0.4, 0.5) is 4.79 Å². The van der Waals surface area contributed by atoms with Crippen molar-refractivity contribution < 1.29 is 19.8 Å². The van der Waals surface area contributed by atoms with E-state index in [9.17, 15) is 14.7 Å². The maximum atomic E-state index is 13.1. The Bertz CT molecular complexity index is 1130. The highest BCUT2D eigenvalue weighted by Crippen LogP contribution is 2.28. The Balaban J connectivity index is 1.19. The largest absolute Gasteiger partial charge is 0.465 e. The molecule has 7 nitrogen and oxygen atoms in total. The molecule has 3 aliphatic heterocycles. The van der Waals surface area contributed by atoms with Crippen LogP contribution in [0.3, 0.4) is 0 Å². The number of hydrogen-bond acceptors (Lipinski definition) is 4. The summed E-state index contributed by atoms with van der Waals surface area (Å²) >= 11 is 0. The van der Waals surface area contributed by atoms with Gasteiger partial charge in [0.2, 0.25) is 0 Å². The van der Waals surface area contributed by atoms with Gasteiger partial charge in [0.15, 0.2) is 0 Å². The molecule has 0 spiro atoms. The highest BCUT2D eigenvalue weighted by Gasteiger charge is 2.28. The van der Waals surface area contributed by atoms with Crippen LogP contribution in [-0.4, -0.2) is 82.3 Å². The molecule has 0 saturated carbocycles. The van der Waals surface area contributed by atoms with Gasteiger partial charge in [-0.3, -0.25) is 9.69 Å². The fourth-order valence-corrected chi connectivity index (χ4v) is 5.34. The molecule has 34 heavy (non-hydrogen) atoms. The molecule has 2 amide bonds. The topological polar surface area (TPSA) is 84.3 Å². The SMILES string of the molecule is O=C(O)N1CC=C(c2ccc3c(c2)CCN(C[C@H](O)CN2CCc4ccccc4C2)C3=O)CC1. The lowest BCUT2D eigenvalue weighted by Gasteiger charge is -2.34. The molecule has 7 heteroatoms. The van der Waals surface area contributed by atoms with E-state index in [1.807, 2.05) is 18.2 Å². The van der Waals surface area contributed by atoms with E-state index in [2.05, 4.69) is 35.2 Å². The van der Waals surface area contributed by atoms with E-state index in [4.69, 9.17) is 5.11 Å². The third-order valence-electron chi connectivity index (χ3n) is 7.23. The molecule has 178 valence electrons. The lowest BCUT2D eigenvalue weighted by molar-refractivity contribution is 0.0493. The first-order valence-corrected chi connectivity index (χ1v) is 12.0. The highest BCUT2D eigenvalue weighted by atomic mass is 16.4. The number of benzene rings is 2. The summed E-state index contributed by atoms with van der Waals surface area (Å²) in [5.74, 6) is -0.0227. The maximum Gasteiger partial charge on any atom is 0.407 e. The van der Waals surface area contributed by atoms with Gasteiger partial charge in [-0.05, 0) is 53.2 Å². The molecular weight excluding hydrogens is 430 g/mol. The van der Waals surface area contributed by atoms with Crippen molar-refractivity contribution in [1.29, 1.82) is 0 Å². The van der Waals surface area contributed by atoms with Crippen molar-refractivity contribution in [3.8, 4) is 0 Å². The summed E-state index contributed by atoms with van der Waals surface area (Å²) in [4.78, 5) is 29.7. The Hall–Kier alpha value is -3.16. The van der Waals surface area contributed by atoms with Crippen LogP contribution in [0, 0.1) is 0 Å². The van der Waals surface area contributed by atoms with Gasteiger partial charge in [-0.1, -0.05) is 42.5 Å². The quantitative estimate of drug-likeness (QED) is 0.715. The van der Waals surface area contributed by atoms with Crippen molar-refractivity contribution in [3.05, 3.63) is 76.4 Å². The van der Waals surface area contributed by atoms with Crippen molar-refractivity contribution in [3.63, 3.8) is 0 Å². The molecule has 3 aliphatic rings. The van der Waals surface area contributed by atoms with Crippen LogP contribution in [-0.2, 0) is 19.4 Å². The number of carbonyl (C=O) groups is 2. The average Bonchev–Trinajstić information content (AvgIpc) is 2.85. The summed E-state index contributed by atoms with van der Waals surface area (Å²) in [6, 6.07) is 14.4. The van der Waals surface area contributed by atoms with Crippen molar-refractivity contribution in [2.24, 2.45) is 0 Å². The van der Waals surface area contributed by atoms with Gasteiger partial charge in [0.25, 0.3) is 5.91 Å². The number of carbonyl (C=O) groups excluding carboxylic acids is 1. The van der Waals surface area contributed by atoms with E-state index < -0.39 is 12.2 Å². The van der Waals surface area contributed by atoms with Crippen molar-refractivity contribution in [2.45, 2.75) is 31.9 Å². The van der Waals surface area contributed by atoms with Crippen LogP contribution in [0.25, 0.3) is 5.57 Å². The first kappa shape index (κ1) is 22.6. The molecule has 0 radical (unpaired) electrons. The Kier molecular flexibility index (Phi) is 6.39. The number of β-amino-alcohol motifs (C(OH)–C–C–N with tert-alkyl or cyclic N) is 1. The Morgan fingerprint density at radius 2 is 1.74 bits per heavy atom. The number of fused-ring (bicyclic) bond motifs is 2. The number of carboxylic acid groups (broad SMARTS) is 1. The highest BCUT2D eigenvalue weighted by molar-refractivity contribution is 5.97. The molecule has 0 aromatic heterocycles. The van der Waals surface area contributed by atoms with E-state index >= 15 is 0 Å². The van der Waals surface area contributed by atoms with E-state index in [1.54, 1.807) is 4.90 Å². The zero-order chi connectivity index (χ0) is 23.7. The van der Waals surface area contributed by atoms with Crippen molar-refractivity contribution >= 4 is 17.6 Å². The fourth-order valence-electron chi connectivity index (χ4n) is 5.34. The molecule has 2 N–H and O–H groups in total. The molecule has 2 aromatic rings. The van der Waals surface area contributed by atoms with Crippen LogP contribution < -0.4 is 0 Å². The van der Waals surface area contributed by atoms with Gasteiger partial charge < -0.3 is 20.0 Å². The standard InChI is InChI=1S/C27H31N3O4/c31-24(17-28-11-7-19-3-1-2-4-23(19)16-28)18-30-14-10-22-15-21(5-6-25(22)26(30)32)20-8-12-29(13-9-20)27(33)34/h1-6,8,15,24,31H,7,9-14,16-18H2,(H,33,34)/t24-/m1/s1. The van der Waals surface area contributed by atoms with Crippen LogP contribution in [0.1, 0.15) is 39.0 Å². The smallest absolute Gasteiger partial charge is 0.407 e.